The van der Waals surface area contributed by atoms with E-state index in [0.717, 1.165) is 0 Å². The van der Waals surface area contributed by atoms with Gasteiger partial charge in [0.2, 0.25) is 0 Å². The van der Waals surface area contributed by atoms with Crippen molar-refractivity contribution in [1.82, 2.24) is 0 Å². The fraction of sp³-hybridized carbons (Fsp3) is 0.333. The van der Waals surface area contributed by atoms with Gasteiger partial charge in [-0.1, -0.05) is 13.8 Å². The van der Waals surface area contributed by atoms with Crippen molar-refractivity contribution in [3.05, 3.63) is 35.9 Å². The van der Waals surface area contributed by atoms with Gasteiger partial charge in [0.15, 0.2) is 0 Å². The molecule has 0 aromatic heterocycles. The zero-order valence-corrected chi connectivity index (χ0v) is 9.30. The Hall–Kier alpha value is 0.324. The fourth-order valence-electron chi connectivity index (χ4n) is 0.785. The van der Waals surface area contributed by atoms with Crippen molar-refractivity contribution in [2.75, 3.05) is 0 Å². The third-order valence-corrected chi connectivity index (χ3v) is 1.41. The largest absolute Gasteiger partial charge is 0.184 e. The summed E-state index contributed by atoms with van der Waals surface area (Å²) >= 11 is 0. The smallest absolute Gasteiger partial charge is 0 e. The van der Waals surface area contributed by atoms with Gasteiger partial charge in [0.25, 0.3) is 0 Å². The molecule has 1 heteroatoms. The third-order valence-electron chi connectivity index (χ3n) is 1.41. The molecule has 1 aromatic rings. The molecular weight excluding hydrogens is 197 g/mol. The maximum absolute atomic E-state index is 2.99. The topological polar surface area (TPSA) is 0 Å². The second kappa shape index (κ2) is 5.04. The Labute approximate surface area is 87.9 Å². The Morgan fingerprint density at radius 1 is 1.20 bits per heavy atom. The van der Waals surface area contributed by atoms with Crippen molar-refractivity contribution in [1.29, 1.82) is 0 Å². The van der Waals surface area contributed by atoms with Gasteiger partial charge in [-0.15, -0.1) is 0 Å². The van der Waals surface area contributed by atoms with Crippen LogP contribution in [0.2, 0.25) is 0 Å². The molecular formula is C9H11Y-. The number of benzene rings is 1. The second-order valence-electron chi connectivity index (χ2n) is 2.49. The summed E-state index contributed by atoms with van der Waals surface area (Å²) in [6, 6.07) is 11.1. The molecule has 0 heterocycles. The fourth-order valence-corrected chi connectivity index (χ4v) is 0.785. The molecule has 0 fully saturated rings. The Morgan fingerprint density at radius 3 is 2.00 bits per heavy atom. The molecule has 51 valence electrons. The van der Waals surface area contributed by atoms with Gasteiger partial charge < -0.3 is 0 Å². The van der Waals surface area contributed by atoms with Crippen LogP contribution < -0.4 is 0 Å². The Balaban J connectivity index is 0.000000810. The summed E-state index contributed by atoms with van der Waals surface area (Å²) in [5.74, 6) is 0.639. The zero-order chi connectivity index (χ0) is 6.69. The normalized spacial score (nSPS) is 9.10. The number of hydrogen-bond donors (Lipinski definition) is 0. The summed E-state index contributed by atoms with van der Waals surface area (Å²) in [6.07, 6.45) is 0. The predicted molar refractivity (Wildman–Crippen MR) is 39.4 cm³/mol. The molecule has 0 saturated carbocycles. The number of rotatable bonds is 1. The van der Waals surface area contributed by atoms with Crippen molar-refractivity contribution in [3.8, 4) is 0 Å². The van der Waals surface area contributed by atoms with E-state index in [1.165, 1.54) is 5.56 Å². The van der Waals surface area contributed by atoms with Crippen LogP contribution in [0.3, 0.4) is 0 Å². The van der Waals surface area contributed by atoms with Crippen LogP contribution in [0.1, 0.15) is 25.3 Å². The van der Waals surface area contributed by atoms with E-state index in [4.69, 9.17) is 0 Å². The minimum absolute atomic E-state index is 0. The maximum atomic E-state index is 2.99. The first-order chi connectivity index (χ1) is 4.30. The van der Waals surface area contributed by atoms with Crippen molar-refractivity contribution >= 4 is 0 Å². The quantitative estimate of drug-likeness (QED) is 0.622. The van der Waals surface area contributed by atoms with Crippen LogP contribution in [0.5, 0.6) is 0 Å². The molecule has 0 aliphatic heterocycles. The summed E-state index contributed by atoms with van der Waals surface area (Å²) in [7, 11) is 0. The van der Waals surface area contributed by atoms with Crippen molar-refractivity contribution < 1.29 is 32.7 Å². The molecule has 0 bridgehead atoms. The van der Waals surface area contributed by atoms with Gasteiger partial charge in [0.1, 0.15) is 0 Å². The average Bonchev–Trinajstić information content (AvgIpc) is 1.90. The molecule has 10 heavy (non-hydrogen) atoms. The molecule has 1 radical (unpaired) electrons. The van der Waals surface area contributed by atoms with Crippen LogP contribution in [0, 0.1) is 6.07 Å². The van der Waals surface area contributed by atoms with Crippen molar-refractivity contribution in [2.24, 2.45) is 0 Å². The van der Waals surface area contributed by atoms with Gasteiger partial charge in [-0.25, -0.2) is 0 Å². The van der Waals surface area contributed by atoms with Crippen LogP contribution in [0.4, 0.5) is 0 Å². The van der Waals surface area contributed by atoms with E-state index < -0.39 is 0 Å². The van der Waals surface area contributed by atoms with Crippen molar-refractivity contribution in [2.45, 2.75) is 19.8 Å². The van der Waals surface area contributed by atoms with Gasteiger partial charge in [0, 0.05) is 32.7 Å². The van der Waals surface area contributed by atoms with E-state index in [1.54, 1.807) is 0 Å². The maximum Gasteiger partial charge on any atom is 0 e. The molecule has 0 aliphatic carbocycles. The van der Waals surface area contributed by atoms with E-state index in [1.807, 2.05) is 12.1 Å². The van der Waals surface area contributed by atoms with Crippen LogP contribution in [-0.2, 0) is 32.7 Å². The average molecular weight is 208 g/mol. The Kier molecular flexibility index (Phi) is 5.20. The van der Waals surface area contributed by atoms with Crippen LogP contribution in [0.25, 0.3) is 0 Å². The van der Waals surface area contributed by atoms with E-state index in [-0.39, 0.29) is 32.7 Å². The summed E-state index contributed by atoms with van der Waals surface area (Å²) in [5, 5.41) is 0. The first kappa shape index (κ1) is 10.3. The molecule has 0 unspecified atom stereocenters. The summed E-state index contributed by atoms with van der Waals surface area (Å²) in [6.45, 7) is 4.38. The number of hydrogen-bond acceptors (Lipinski definition) is 0. The van der Waals surface area contributed by atoms with Crippen LogP contribution in [-0.4, -0.2) is 0 Å². The molecule has 0 N–H and O–H groups in total. The standard InChI is InChI=1S/C9H11.Y/c1-8(2)9-6-4-3-5-7-9;/h4-8H,1-2H3;/q-1;. The molecule has 0 spiro atoms. The predicted octanol–water partition coefficient (Wildman–Crippen LogP) is 2.61. The SMILES string of the molecule is CC(C)c1cc[c-]cc1.[Y]. The Bertz CT molecular complexity index is 167. The van der Waals surface area contributed by atoms with Gasteiger partial charge in [0.05, 0.1) is 0 Å². The molecule has 0 atom stereocenters. The van der Waals surface area contributed by atoms with Crippen LogP contribution >= 0.6 is 0 Å². The van der Waals surface area contributed by atoms with Gasteiger partial charge in [-0.3, -0.25) is 0 Å². The van der Waals surface area contributed by atoms with Gasteiger partial charge >= 0.3 is 0 Å². The molecule has 1 rings (SSSR count). The third kappa shape index (κ3) is 2.94. The van der Waals surface area contributed by atoms with E-state index in [2.05, 4.69) is 32.0 Å². The first-order valence-corrected chi connectivity index (χ1v) is 3.26. The summed E-state index contributed by atoms with van der Waals surface area (Å²) < 4.78 is 0. The molecule has 0 aliphatic rings. The van der Waals surface area contributed by atoms with E-state index >= 15 is 0 Å². The van der Waals surface area contributed by atoms with Gasteiger partial charge in [-0.2, -0.15) is 35.9 Å². The zero-order valence-electron chi connectivity index (χ0n) is 6.46. The minimum atomic E-state index is 0. The minimum Gasteiger partial charge on any atom is -0.184 e. The monoisotopic (exact) mass is 208 g/mol. The second-order valence-corrected chi connectivity index (χ2v) is 2.49. The molecule has 0 saturated heterocycles. The van der Waals surface area contributed by atoms with E-state index in [9.17, 15) is 0 Å². The summed E-state index contributed by atoms with van der Waals surface area (Å²) in [5.41, 5.74) is 1.38. The molecule has 0 nitrogen and oxygen atoms in total. The Morgan fingerprint density at radius 2 is 1.70 bits per heavy atom. The van der Waals surface area contributed by atoms with Gasteiger partial charge in [-0.05, 0) is 5.92 Å². The van der Waals surface area contributed by atoms with E-state index in [0.29, 0.717) is 5.92 Å². The molecule has 0 amide bonds. The van der Waals surface area contributed by atoms with Crippen LogP contribution in [0.15, 0.2) is 24.3 Å². The summed E-state index contributed by atoms with van der Waals surface area (Å²) in [4.78, 5) is 0. The first-order valence-electron chi connectivity index (χ1n) is 3.26. The van der Waals surface area contributed by atoms with Crippen molar-refractivity contribution in [3.63, 3.8) is 0 Å². The molecule has 1 aromatic carbocycles.